The van der Waals surface area contributed by atoms with Crippen molar-refractivity contribution in [2.45, 2.75) is 164 Å². The van der Waals surface area contributed by atoms with E-state index in [4.69, 9.17) is 14.7 Å². The van der Waals surface area contributed by atoms with Crippen LogP contribution in [-0.2, 0) is 37.2 Å². The zero-order valence-electron chi connectivity index (χ0n) is 52.9. The Morgan fingerprint density at radius 3 is 0.904 bits per heavy atom. The Bertz CT molecular complexity index is 3800. The van der Waals surface area contributed by atoms with Crippen molar-refractivity contribution in [2.75, 3.05) is 6.61 Å². The van der Waals surface area contributed by atoms with Gasteiger partial charge >= 0.3 is 5.97 Å². The van der Waals surface area contributed by atoms with Crippen LogP contribution in [0.15, 0.2) is 127 Å². The molecular weight excluding hydrogens is 1010 g/mol. The molecule has 5 aromatic carbocycles. The fourth-order valence-corrected chi connectivity index (χ4v) is 11.2. The van der Waals surface area contributed by atoms with E-state index >= 15 is 0 Å². The number of hydrogen-bond acceptors (Lipinski definition) is 4. The maximum atomic E-state index is 12.6. The summed E-state index contributed by atoms with van der Waals surface area (Å²) in [6.45, 7) is 43.7. The van der Waals surface area contributed by atoms with E-state index in [1.54, 1.807) is 0 Å². The molecule has 10 rings (SSSR count). The molecule has 3 aromatic heterocycles. The predicted molar refractivity (Wildman–Crippen MR) is 354 cm³/mol. The van der Waals surface area contributed by atoms with E-state index in [0.29, 0.717) is 12.2 Å². The predicted octanol–water partition coefficient (Wildman–Crippen LogP) is 21.0. The number of benzene rings is 5. The monoisotopic (exact) mass is 1100 g/mol. The first kappa shape index (κ1) is 58.4. The SMILES string of the molecule is CCOC(=O)c1ccc(-c2ccc(-c3c4nc(c(-c5cc(C(C)(C)C)cc(C(C)(C)C)c5)c5ccc([nH]5)c(-c5cc(C(C)(C)C)cc(C(C)(C)C)c5)c5ccc([nH]5)c(-c5cc(C(C)(C)C)cc(C(C)(C)C)c5)c5nc3C=C5)C=C4)cc2)cc1. The summed E-state index contributed by atoms with van der Waals surface area (Å²) in [4.78, 5) is 32.3. The molecule has 2 N–H and O–H groups in total. The van der Waals surface area contributed by atoms with Crippen molar-refractivity contribution in [2.24, 2.45) is 0 Å². The first-order valence-corrected chi connectivity index (χ1v) is 29.8. The lowest BCUT2D eigenvalue weighted by Crippen LogP contribution is -2.16. The standard InChI is InChI=1S/C77H86N4O2/c1-20-83-71(82)49-27-23-47(24-28-49)46-21-25-48(26-22-46)67-59-29-31-61(78-59)68(50-37-53(72(2,3)4)43-54(38-50)73(5,6)7)63-33-35-65(80-63)70(52-41-57(76(14,15)16)45-58(42-52)77(17,18)19)66-36-34-64(81-66)69(62-32-30-60(67)79-62)51-39-55(74(8,9)10)44-56(40-51)75(11,12)13/h21-45,80-81H,20H2,1-19H3. The highest BCUT2D eigenvalue weighted by molar-refractivity contribution is 6.01. The second-order valence-corrected chi connectivity index (χ2v) is 29.3. The van der Waals surface area contributed by atoms with Crippen molar-refractivity contribution in [1.82, 2.24) is 19.9 Å². The van der Waals surface area contributed by atoms with Crippen LogP contribution in [0.25, 0.3) is 102 Å². The molecule has 5 heterocycles. The Kier molecular flexibility index (Phi) is 14.8. The number of nitrogens with zero attached hydrogens (tertiary/aromatic N) is 2. The van der Waals surface area contributed by atoms with Gasteiger partial charge in [-0.1, -0.05) is 216 Å². The van der Waals surface area contributed by atoms with Gasteiger partial charge in [0.15, 0.2) is 0 Å². The zero-order valence-corrected chi connectivity index (χ0v) is 52.9. The molecule has 0 atom stereocenters. The molecule has 6 heteroatoms. The molecule has 2 aliphatic rings. The van der Waals surface area contributed by atoms with Gasteiger partial charge in [0.1, 0.15) is 0 Å². The molecule has 0 unspecified atom stereocenters. The number of nitrogens with one attached hydrogen (secondary N) is 2. The molecule has 83 heavy (non-hydrogen) atoms. The average molecular weight is 1100 g/mol. The summed E-state index contributed by atoms with van der Waals surface area (Å²) >= 11 is 0. The van der Waals surface area contributed by atoms with E-state index in [2.05, 4.69) is 262 Å². The van der Waals surface area contributed by atoms with Crippen LogP contribution < -0.4 is 0 Å². The summed E-state index contributed by atoms with van der Waals surface area (Å²) < 4.78 is 5.29. The van der Waals surface area contributed by atoms with Gasteiger partial charge in [-0.25, -0.2) is 14.8 Å². The highest BCUT2D eigenvalue weighted by Crippen LogP contribution is 2.44. The van der Waals surface area contributed by atoms with Crippen molar-refractivity contribution in [3.63, 3.8) is 0 Å². The number of H-pyrrole nitrogens is 2. The third-order valence-corrected chi connectivity index (χ3v) is 16.5. The molecule has 8 bridgehead atoms. The van der Waals surface area contributed by atoms with Crippen molar-refractivity contribution >= 4 is 52.3 Å². The molecule has 0 spiro atoms. The summed E-state index contributed by atoms with van der Waals surface area (Å²) in [6.07, 6.45) is 8.74. The van der Waals surface area contributed by atoms with E-state index in [1.807, 2.05) is 31.2 Å². The zero-order chi connectivity index (χ0) is 59.9. The van der Waals surface area contributed by atoms with Crippen LogP contribution in [0.1, 0.15) is 198 Å². The lowest BCUT2D eigenvalue weighted by Gasteiger charge is -2.26. The van der Waals surface area contributed by atoms with Gasteiger partial charge < -0.3 is 14.7 Å². The summed E-state index contributed by atoms with van der Waals surface area (Å²) in [7, 11) is 0. The first-order valence-electron chi connectivity index (χ1n) is 29.8. The van der Waals surface area contributed by atoms with Crippen molar-refractivity contribution < 1.29 is 9.53 Å². The number of carbonyl (C=O) groups is 1. The van der Waals surface area contributed by atoms with Crippen LogP contribution in [-0.4, -0.2) is 32.5 Å². The Morgan fingerprint density at radius 1 is 0.337 bits per heavy atom. The van der Waals surface area contributed by atoms with E-state index in [-0.39, 0.29) is 38.5 Å². The average Bonchev–Trinajstić information content (AvgIpc) is 4.33. The number of aromatic nitrogens is 4. The van der Waals surface area contributed by atoms with Gasteiger partial charge in [-0.05, 0) is 167 Å². The summed E-state index contributed by atoms with van der Waals surface area (Å²) in [6, 6.07) is 46.9. The van der Waals surface area contributed by atoms with Gasteiger partial charge in [-0.3, -0.25) is 0 Å². The fourth-order valence-electron chi connectivity index (χ4n) is 11.2. The van der Waals surface area contributed by atoms with Crippen LogP contribution in [0.5, 0.6) is 0 Å². The fraction of sp³-hybridized carbons (Fsp3) is 0.338. The van der Waals surface area contributed by atoms with Gasteiger partial charge in [0.2, 0.25) is 0 Å². The number of ether oxygens (including phenoxy) is 1. The largest absolute Gasteiger partial charge is 0.462 e. The Morgan fingerprint density at radius 2 is 0.602 bits per heavy atom. The quantitative estimate of drug-likeness (QED) is 0.156. The number of esters is 1. The molecule has 0 amide bonds. The highest BCUT2D eigenvalue weighted by atomic mass is 16.5. The van der Waals surface area contributed by atoms with Crippen LogP contribution in [0.4, 0.5) is 0 Å². The lowest BCUT2D eigenvalue weighted by atomic mass is 9.78. The molecule has 8 aromatic rings. The third-order valence-electron chi connectivity index (χ3n) is 16.5. The van der Waals surface area contributed by atoms with Crippen LogP contribution in [0.2, 0.25) is 0 Å². The number of hydrogen-bond donors (Lipinski definition) is 2. The van der Waals surface area contributed by atoms with E-state index < -0.39 is 0 Å². The third kappa shape index (κ3) is 12.0. The van der Waals surface area contributed by atoms with Crippen molar-refractivity contribution in [3.8, 4) is 55.6 Å². The first-order chi connectivity index (χ1) is 38.7. The van der Waals surface area contributed by atoms with Gasteiger partial charge in [-0.2, -0.15) is 0 Å². The van der Waals surface area contributed by atoms with Crippen molar-refractivity contribution in [1.29, 1.82) is 0 Å². The highest BCUT2D eigenvalue weighted by Gasteiger charge is 2.28. The van der Waals surface area contributed by atoms with E-state index in [1.165, 1.54) is 33.4 Å². The molecule has 426 valence electrons. The molecule has 0 saturated heterocycles. The minimum atomic E-state index is -0.323. The van der Waals surface area contributed by atoms with Gasteiger partial charge in [0.05, 0.1) is 34.9 Å². The lowest BCUT2D eigenvalue weighted by molar-refractivity contribution is 0.0526. The minimum absolute atomic E-state index is 0.108. The maximum absolute atomic E-state index is 12.6. The summed E-state index contributed by atoms with van der Waals surface area (Å²) in [5.41, 5.74) is 25.2. The van der Waals surface area contributed by atoms with Gasteiger partial charge in [0, 0.05) is 44.3 Å². The molecule has 0 fully saturated rings. The van der Waals surface area contributed by atoms with Crippen molar-refractivity contribution in [3.05, 3.63) is 189 Å². The topological polar surface area (TPSA) is 83.7 Å². The normalized spacial score (nSPS) is 13.2. The second-order valence-electron chi connectivity index (χ2n) is 29.3. The van der Waals surface area contributed by atoms with E-state index in [0.717, 1.165) is 100 Å². The van der Waals surface area contributed by atoms with Gasteiger partial charge in [-0.15, -0.1) is 0 Å². The Labute approximate surface area is 494 Å². The Hall–Kier alpha value is -7.83. The second kappa shape index (κ2) is 21.1. The number of rotatable bonds is 7. The molecular formula is C77H86N4O2. The summed E-state index contributed by atoms with van der Waals surface area (Å²) in [5.74, 6) is -0.323. The molecule has 0 aliphatic carbocycles. The minimum Gasteiger partial charge on any atom is -0.462 e. The Balaban J connectivity index is 1.37. The molecule has 6 nitrogen and oxygen atoms in total. The van der Waals surface area contributed by atoms with Crippen LogP contribution in [0.3, 0.4) is 0 Å². The molecule has 0 radical (unpaired) electrons. The smallest absolute Gasteiger partial charge is 0.338 e. The van der Waals surface area contributed by atoms with Gasteiger partial charge in [0.25, 0.3) is 0 Å². The summed E-state index contributed by atoms with van der Waals surface area (Å²) in [5, 5.41) is 0. The van der Waals surface area contributed by atoms with E-state index in [9.17, 15) is 4.79 Å². The molecule has 2 aliphatic heterocycles. The number of carbonyl (C=O) groups excluding carboxylic acids is 1. The number of fused-ring (bicyclic) bond motifs is 8. The molecule has 0 saturated carbocycles. The van der Waals surface area contributed by atoms with Crippen LogP contribution in [0, 0.1) is 0 Å². The number of aromatic amines is 2. The van der Waals surface area contributed by atoms with Crippen LogP contribution >= 0.6 is 0 Å². The maximum Gasteiger partial charge on any atom is 0.338 e.